The van der Waals surface area contributed by atoms with Gasteiger partial charge in [0.25, 0.3) is 0 Å². The van der Waals surface area contributed by atoms with Gasteiger partial charge in [-0.3, -0.25) is 0 Å². The van der Waals surface area contributed by atoms with Gasteiger partial charge >= 0.3 is 0 Å². The summed E-state index contributed by atoms with van der Waals surface area (Å²) in [6.07, 6.45) is 31.7. The van der Waals surface area contributed by atoms with Crippen LogP contribution in [0.4, 0.5) is 0 Å². The van der Waals surface area contributed by atoms with E-state index in [-0.39, 0.29) is 6.17 Å². The minimum absolute atomic E-state index is 0.0786. The van der Waals surface area contributed by atoms with Crippen LogP contribution in [0.1, 0.15) is 73.9 Å². The Balaban J connectivity index is 0.00000237. The van der Waals surface area contributed by atoms with E-state index in [0.29, 0.717) is 0 Å². The first-order chi connectivity index (χ1) is 27.6. The van der Waals surface area contributed by atoms with Gasteiger partial charge < -0.3 is 14.5 Å². The number of allylic oxidation sites excluding steroid dienone is 14. The Morgan fingerprint density at radius 3 is 2.29 bits per heavy atom. The summed E-state index contributed by atoms with van der Waals surface area (Å²) in [5.74, 6) is 0. The van der Waals surface area contributed by atoms with E-state index in [4.69, 9.17) is 0 Å². The van der Waals surface area contributed by atoms with Crippen molar-refractivity contribution in [2.45, 2.75) is 47.2 Å². The van der Waals surface area contributed by atoms with Crippen molar-refractivity contribution in [2.75, 3.05) is 0 Å². The van der Waals surface area contributed by atoms with E-state index in [1.807, 2.05) is 20.8 Å². The molecule has 278 valence electrons. The fourth-order valence-corrected chi connectivity index (χ4v) is 7.68. The molecule has 1 unspecified atom stereocenters. The van der Waals surface area contributed by atoms with Crippen LogP contribution in [0.25, 0.3) is 56.5 Å². The molecule has 4 aromatic carbocycles. The largest absolute Gasteiger partial charge is 0.361 e. The van der Waals surface area contributed by atoms with E-state index in [1.54, 1.807) is 0 Å². The number of nitrogens with one attached hydrogen (secondary N) is 1. The summed E-state index contributed by atoms with van der Waals surface area (Å²) in [5, 5.41) is 6.34. The summed E-state index contributed by atoms with van der Waals surface area (Å²) >= 11 is 0. The normalized spacial score (nSPS) is 15.9. The fraction of sp³-hybridized carbons (Fsp3) is 0.132. The first-order valence-electron chi connectivity index (χ1n) is 19.9. The van der Waals surface area contributed by atoms with Gasteiger partial charge in [0.1, 0.15) is 6.17 Å². The fourth-order valence-electron chi connectivity index (χ4n) is 7.68. The first kappa shape index (κ1) is 37.7. The molecule has 0 amide bonds. The molecule has 1 aliphatic heterocycles. The van der Waals surface area contributed by atoms with Crippen LogP contribution in [0.15, 0.2) is 182 Å². The molecule has 1 N–H and O–H groups in total. The van der Waals surface area contributed by atoms with Gasteiger partial charge in [-0.1, -0.05) is 153 Å². The number of benzene rings is 4. The van der Waals surface area contributed by atoms with Gasteiger partial charge in [-0.15, -0.1) is 0 Å². The molecule has 6 aromatic rings. The molecular weight excluding hydrogens is 679 g/mol. The third kappa shape index (κ3) is 7.80. The standard InChI is InChI=1S/C51H45N3.C2H6/c1-4-6-11-26-45-34-43-33-41(30-32-49(43)54(45)44-24-16-7-8-17-25-44)38(5-2)29-31-46-37(3)53(50-28-19-18-27-47(46)50)51-36-42(39-20-12-9-13-21-39)35-48(52-51)40-22-14-10-15-23-40;1-2/h4-7,9-36,51-52H,8H2,1-3H3;1-2H3/b6-4-,26-11-,31-29-,38-5+;. The maximum absolute atomic E-state index is 3.89. The van der Waals surface area contributed by atoms with Gasteiger partial charge in [-0.2, -0.15) is 0 Å². The lowest BCUT2D eigenvalue weighted by atomic mass is 9.98. The molecule has 2 aliphatic rings. The number of aromatic nitrogens is 2. The molecule has 56 heavy (non-hydrogen) atoms. The molecule has 3 nitrogen and oxygen atoms in total. The number of rotatable bonds is 9. The lowest BCUT2D eigenvalue weighted by Crippen LogP contribution is -2.27. The average molecular weight is 730 g/mol. The zero-order valence-electron chi connectivity index (χ0n) is 33.2. The highest BCUT2D eigenvalue weighted by molar-refractivity contribution is 5.96. The van der Waals surface area contributed by atoms with E-state index < -0.39 is 0 Å². The van der Waals surface area contributed by atoms with E-state index in [1.165, 1.54) is 60.9 Å². The Labute approximate surface area is 332 Å². The topological polar surface area (TPSA) is 21.9 Å². The number of para-hydroxylation sites is 1. The van der Waals surface area contributed by atoms with Crippen LogP contribution >= 0.6 is 0 Å². The molecule has 1 atom stereocenters. The molecule has 8 rings (SSSR count). The molecule has 0 fully saturated rings. The van der Waals surface area contributed by atoms with Gasteiger partial charge in [-0.25, -0.2) is 0 Å². The zero-order chi connectivity index (χ0) is 38.9. The van der Waals surface area contributed by atoms with Crippen LogP contribution in [0.3, 0.4) is 0 Å². The van der Waals surface area contributed by atoms with Crippen LogP contribution in [-0.4, -0.2) is 9.13 Å². The van der Waals surface area contributed by atoms with E-state index in [2.05, 4.69) is 223 Å². The minimum Gasteiger partial charge on any atom is -0.361 e. The molecule has 0 saturated carbocycles. The highest BCUT2D eigenvalue weighted by atomic mass is 15.2. The quantitative estimate of drug-likeness (QED) is 0.147. The average Bonchev–Trinajstić information content (AvgIpc) is 3.60. The second-order valence-electron chi connectivity index (χ2n) is 13.7. The Morgan fingerprint density at radius 2 is 1.52 bits per heavy atom. The number of fused-ring (bicyclic) bond motifs is 2. The first-order valence-corrected chi connectivity index (χ1v) is 19.9. The summed E-state index contributed by atoms with van der Waals surface area (Å²) in [6, 6.07) is 39.2. The maximum atomic E-state index is 3.89. The van der Waals surface area contributed by atoms with Crippen molar-refractivity contribution < 1.29 is 0 Å². The van der Waals surface area contributed by atoms with Crippen LogP contribution in [0, 0.1) is 6.92 Å². The predicted molar refractivity (Wildman–Crippen MR) is 245 cm³/mol. The van der Waals surface area contributed by atoms with E-state index in [9.17, 15) is 0 Å². The number of hydrogen-bond donors (Lipinski definition) is 1. The molecule has 2 aromatic heterocycles. The molecule has 3 heterocycles. The van der Waals surface area contributed by atoms with Crippen molar-refractivity contribution in [3.63, 3.8) is 0 Å². The van der Waals surface area contributed by atoms with Crippen molar-refractivity contribution in [3.8, 4) is 0 Å². The van der Waals surface area contributed by atoms with Crippen molar-refractivity contribution in [1.29, 1.82) is 0 Å². The third-order valence-corrected chi connectivity index (χ3v) is 10.3. The van der Waals surface area contributed by atoms with Gasteiger partial charge in [0.05, 0.1) is 11.0 Å². The summed E-state index contributed by atoms with van der Waals surface area (Å²) in [6.45, 7) is 10.4. The molecule has 1 aliphatic carbocycles. The van der Waals surface area contributed by atoms with Crippen LogP contribution in [0.2, 0.25) is 0 Å². The van der Waals surface area contributed by atoms with Crippen LogP contribution in [-0.2, 0) is 0 Å². The lowest BCUT2D eigenvalue weighted by Gasteiger charge is -2.28. The zero-order valence-corrected chi connectivity index (χ0v) is 33.2. The molecule has 0 saturated heterocycles. The molecule has 0 radical (unpaired) electrons. The number of hydrogen-bond acceptors (Lipinski definition) is 1. The highest BCUT2D eigenvalue weighted by Crippen LogP contribution is 2.36. The molecular formula is C53H51N3. The Morgan fingerprint density at radius 1 is 0.768 bits per heavy atom. The summed E-state index contributed by atoms with van der Waals surface area (Å²) in [4.78, 5) is 0. The molecule has 0 spiro atoms. The molecule has 0 bridgehead atoms. The van der Waals surface area contributed by atoms with Crippen LogP contribution < -0.4 is 5.32 Å². The minimum atomic E-state index is -0.0786. The summed E-state index contributed by atoms with van der Waals surface area (Å²) < 4.78 is 4.80. The smallest absolute Gasteiger partial charge is 0.124 e. The number of dihydropyridines is 1. The second-order valence-corrected chi connectivity index (χ2v) is 13.7. The Kier molecular flexibility index (Phi) is 11.9. The Bertz CT molecular complexity index is 2610. The van der Waals surface area contributed by atoms with E-state index >= 15 is 0 Å². The second kappa shape index (κ2) is 17.7. The van der Waals surface area contributed by atoms with Gasteiger partial charge in [0.2, 0.25) is 0 Å². The Hall–Kier alpha value is -6.58. The van der Waals surface area contributed by atoms with Crippen molar-refractivity contribution in [3.05, 3.63) is 216 Å². The summed E-state index contributed by atoms with van der Waals surface area (Å²) in [5.41, 5.74) is 14.2. The predicted octanol–water partition coefficient (Wildman–Crippen LogP) is 14.2. The lowest BCUT2D eigenvalue weighted by molar-refractivity contribution is 0.563. The van der Waals surface area contributed by atoms with Crippen molar-refractivity contribution in [2.24, 2.45) is 0 Å². The molecule has 3 heteroatoms. The van der Waals surface area contributed by atoms with Crippen molar-refractivity contribution in [1.82, 2.24) is 14.5 Å². The van der Waals surface area contributed by atoms with Gasteiger partial charge in [0, 0.05) is 39.1 Å². The van der Waals surface area contributed by atoms with Gasteiger partial charge in [-0.05, 0) is 110 Å². The summed E-state index contributed by atoms with van der Waals surface area (Å²) in [7, 11) is 0. The van der Waals surface area contributed by atoms with E-state index in [0.717, 1.165) is 23.5 Å². The van der Waals surface area contributed by atoms with Crippen LogP contribution in [0.5, 0.6) is 0 Å². The SMILES string of the molecule is C/C=C\C=C/c1cc2cc(C(/C=C\c3c(C)n(C4C=C(c5ccccc5)C=C(c5ccccc5)N4)c4ccccc34)=C/C)ccc2n1C1=CC=CCC=C1.CC. The van der Waals surface area contributed by atoms with Crippen molar-refractivity contribution >= 4 is 56.5 Å². The third-order valence-electron chi connectivity index (χ3n) is 10.3. The monoisotopic (exact) mass is 729 g/mol. The number of nitrogens with zero attached hydrogens (tertiary/aromatic N) is 2. The maximum Gasteiger partial charge on any atom is 0.124 e. The van der Waals surface area contributed by atoms with Gasteiger partial charge in [0.15, 0.2) is 0 Å². The highest BCUT2D eigenvalue weighted by Gasteiger charge is 2.23.